The molecule has 0 atom stereocenters. The normalized spacial score (nSPS) is 11.7. The van der Waals surface area contributed by atoms with Crippen LogP contribution in [0.2, 0.25) is 15.1 Å². The van der Waals surface area contributed by atoms with Gasteiger partial charge in [-0.1, -0.05) is 34.8 Å². The molecule has 1 aromatic rings. The first-order valence-electron chi connectivity index (χ1n) is 3.12. The highest BCUT2D eigenvalue weighted by Crippen LogP contribution is 2.39. The van der Waals surface area contributed by atoms with E-state index in [0.717, 1.165) is 6.07 Å². The maximum Gasteiger partial charge on any atom is 0.333 e. The maximum atomic E-state index is 12.6. The second-order valence-electron chi connectivity index (χ2n) is 2.34. The Morgan fingerprint density at radius 3 is 2.14 bits per heavy atom. The van der Waals surface area contributed by atoms with E-state index < -0.39 is 20.1 Å². The van der Waals surface area contributed by atoms with Crippen molar-refractivity contribution in [2.45, 2.75) is 4.90 Å². The summed E-state index contributed by atoms with van der Waals surface area (Å²) in [7, 11) is -4.95. The topological polar surface area (TPSA) is 60.2 Å². The van der Waals surface area contributed by atoms with E-state index >= 15 is 0 Å². The Morgan fingerprint density at radius 1 is 1.21 bits per heavy atom. The third kappa shape index (κ3) is 2.06. The Kier molecular flexibility index (Phi) is 3.16. The second kappa shape index (κ2) is 3.73. The van der Waals surface area contributed by atoms with Gasteiger partial charge in [0, 0.05) is 0 Å². The third-order valence-electron chi connectivity index (χ3n) is 1.42. The highest BCUT2D eigenvalue weighted by atomic mass is 35.5. The van der Waals surface area contributed by atoms with E-state index in [1.54, 1.807) is 0 Å². The molecule has 0 aromatic heterocycles. The SMILES string of the molecule is Nc1c(Cl)cc(S(=O)(=O)F)c(Cl)c1Cl. The van der Waals surface area contributed by atoms with E-state index in [1.165, 1.54) is 0 Å². The average Bonchev–Trinajstić information content (AvgIpc) is 2.06. The minimum absolute atomic E-state index is 0.0919. The van der Waals surface area contributed by atoms with Crippen molar-refractivity contribution in [1.82, 2.24) is 0 Å². The van der Waals surface area contributed by atoms with Gasteiger partial charge in [-0.25, -0.2) is 0 Å². The Morgan fingerprint density at radius 2 is 1.71 bits per heavy atom. The van der Waals surface area contributed by atoms with E-state index in [4.69, 9.17) is 40.5 Å². The van der Waals surface area contributed by atoms with E-state index in [0.29, 0.717) is 0 Å². The van der Waals surface area contributed by atoms with Gasteiger partial charge in [0.05, 0.1) is 20.8 Å². The van der Waals surface area contributed by atoms with E-state index in [9.17, 15) is 12.3 Å². The van der Waals surface area contributed by atoms with Gasteiger partial charge in [0.2, 0.25) is 0 Å². The Hall–Kier alpha value is -0.230. The molecule has 8 heteroatoms. The van der Waals surface area contributed by atoms with Crippen molar-refractivity contribution in [2.24, 2.45) is 0 Å². The zero-order valence-corrected chi connectivity index (χ0v) is 9.48. The van der Waals surface area contributed by atoms with Crippen LogP contribution in [0.3, 0.4) is 0 Å². The Balaban J connectivity index is 3.66. The van der Waals surface area contributed by atoms with Crippen molar-refractivity contribution in [3.05, 3.63) is 21.1 Å². The summed E-state index contributed by atoms with van der Waals surface area (Å²) in [5.41, 5.74) is 5.24. The molecule has 3 nitrogen and oxygen atoms in total. The van der Waals surface area contributed by atoms with E-state index in [1.807, 2.05) is 0 Å². The van der Waals surface area contributed by atoms with Crippen molar-refractivity contribution < 1.29 is 12.3 Å². The Labute approximate surface area is 94.8 Å². The summed E-state index contributed by atoms with van der Waals surface area (Å²) < 4.78 is 33.7. The number of benzene rings is 1. The van der Waals surface area contributed by atoms with Gasteiger partial charge in [-0.15, -0.1) is 3.89 Å². The monoisotopic (exact) mass is 277 g/mol. The van der Waals surface area contributed by atoms with Crippen LogP contribution in [0.15, 0.2) is 11.0 Å². The summed E-state index contributed by atoms with van der Waals surface area (Å²) in [5.74, 6) is 0. The fourth-order valence-electron chi connectivity index (χ4n) is 0.765. The molecule has 0 amide bonds. The first-order chi connectivity index (χ1) is 6.25. The average molecular weight is 279 g/mol. The van der Waals surface area contributed by atoms with Gasteiger partial charge in [0.1, 0.15) is 4.90 Å². The lowest BCUT2D eigenvalue weighted by atomic mass is 10.3. The molecule has 0 aliphatic rings. The number of hydrogen-bond acceptors (Lipinski definition) is 3. The molecule has 0 unspecified atom stereocenters. The molecule has 1 aromatic carbocycles. The lowest BCUT2D eigenvalue weighted by Gasteiger charge is -2.06. The highest BCUT2D eigenvalue weighted by molar-refractivity contribution is 7.86. The summed E-state index contributed by atoms with van der Waals surface area (Å²) in [6.45, 7) is 0. The molecule has 0 saturated carbocycles. The van der Waals surface area contributed by atoms with Crippen molar-refractivity contribution >= 4 is 50.7 Å². The van der Waals surface area contributed by atoms with Crippen LogP contribution in [-0.4, -0.2) is 8.42 Å². The third-order valence-corrected chi connectivity index (χ3v) is 3.58. The summed E-state index contributed by atoms with van der Waals surface area (Å²) in [6.07, 6.45) is 0. The summed E-state index contributed by atoms with van der Waals surface area (Å²) in [4.78, 5) is -0.789. The number of halogens is 4. The molecular formula is C6H3Cl3FNO2S. The van der Waals surface area contributed by atoms with Crippen LogP contribution in [-0.2, 0) is 10.2 Å². The molecule has 0 spiro atoms. The fraction of sp³-hybridized carbons (Fsp3) is 0. The van der Waals surface area contributed by atoms with Gasteiger partial charge in [0.15, 0.2) is 0 Å². The molecule has 0 saturated heterocycles. The number of nitrogens with two attached hydrogens (primary N) is 1. The van der Waals surface area contributed by atoms with Crippen LogP contribution < -0.4 is 5.73 Å². The molecule has 0 bridgehead atoms. The predicted octanol–water partition coefficient (Wildman–Crippen LogP) is 2.89. The molecule has 0 aliphatic heterocycles. The van der Waals surface area contributed by atoms with E-state index in [-0.39, 0.29) is 15.7 Å². The smallest absolute Gasteiger partial charge is 0.333 e. The van der Waals surface area contributed by atoms with Gasteiger partial charge in [0.25, 0.3) is 0 Å². The van der Waals surface area contributed by atoms with Crippen molar-refractivity contribution in [2.75, 3.05) is 5.73 Å². The number of hydrogen-bond donors (Lipinski definition) is 1. The molecular weight excluding hydrogens is 275 g/mol. The van der Waals surface area contributed by atoms with Gasteiger partial charge >= 0.3 is 10.2 Å². The summed E-state index contributed by atoms with van der Waals surface area (Å²) >= 11 is 16.5. The summed E-state index contributed by atoms with van der Waals surface area (Å²) in [6, 6.07) is 0.806. The maximum absolute atomic E-state index is 12.6. The first kappa shape index (κ1) is 11.8. The van der Waals surface area contributed by atoms with Crippen molar-refractivity contribution in [3.63, 3.8) is 0 Å². The van der Waals surface area contributed by atoms with Gasteiger partial charge < -0.3 is 5.73 Å². The molecule has 0 fully saturated rings. The van der Waals surface area contributed by atoms with Gasteiger partial charge in [-0.05, 0) is 6.07 Å². The predicted molar refractivity (Wildman–Crippen MR) is 54.2 cm³/mol. The number of nitrogen functional groups attached to an aromatic ring is 1. The second-order valence-corrected chi connectivity index (χ2v) is 4.81. The largest absolute Gasteiger partial charge is 0.396 e. The van der Waals surface area contributed by atoms with Gasteiger partial charge in [-0.3, -0.25) is 0 Å². The molecule has 0 radical (unpaired) electrons. The minimum Gasteiger partial charge on any atom is -0.396 e. The molecule has 14 heavy (non-hydrogen) atoms. The molecule has 78 valence electrons. The first-order valence-corrected chi connectivity index (χ1v) is 5.64. The van der Waals surface area contributed by atoms with Crippen LogP contribution in [0.1, 0.15) is 0 Å². The molecule has 1 rings (SSSR count). The molecule has 2 N–H and O–H groups in total. The zero-order chi connectivity index (χ0) is 11.1. The highest BCUT2D eigenvalue weighted by Gasteiger charge is 2.22. The van der Waals surface area contributed by atoms with Crippen LogP contribution in [0.5, 0.6) is 0 Å². The van der Waals surface area contributed by atoms with Crippen molar-refractivity contribution in [1.29, 1.82) is 0 Å². The number of rotatable bonds is 1. The van der Waals surface area contributed by atoms with Crippen LogP contribution >= 0.6 is 34.8 Å². The zero-order valence-electron chi connectivity index (χ0n) is 6.39. The van der Waals surface area contributed by atoms with Crippen LogP contribution in [0.25, 0.3) is 0 Å². The van der Waals surface area contributed by atoms with Gasteiger partial charge in [-0.2, -0.15) is 8.42 Å². The minimum atomic E-state index is -4.95. The molecule has 0 aliphatic carbocycles. The Bertz CT molecular complexity index is 488. The quantitative estimate of drug-likeness (QED) is 0.488. The summed E-state index contributed by atoms with van der Waals surface area (Å²) in [5, 5.41) is -0.929. The van der Waals surface area contributed by atoms with Crippen LogP contribution in [0, 0.1) is 0 Å². The lowest BCUT2D eigenvalue weighted by Crippen LogP contribution is -1.97. The standard InChI is InChI=1S/C6H3Cl3FNO2S/c7-2-1-3(14(10,12)13)4(8)5(9)6(2)11/h1H,11H2. The van der Waals surface area contributed by atoms with Crippen LogP contribution in [0.4, 0.5) is 9.57 Å². The van der Waals surface area contributed by atoms with E-state index in [2.05, 4.69) is 0 Å². The fourth-order valence-corrected chi connectivity index (χ4v) is 2.35. The lowest BCUT2D eigenvalue weighted by molar-refractivity contribution is 0.552. The van der Waals surface area contributed by atoms with Crippen molar-refractivity contribution in [3.8, 4) is 0 Å². The molecule has 0 heterocycles. The number of anilines is 1.